The summed E-state index contributed by atoms with van der Waals surface area (Å²) in [6.07, 6.45) is 0.0342. The van der Waals surface area contributed by atoms with Crippen LogP contribution in [-0.4, -0.2) is 19.8 Å². The van der Waals surface area contributed by atoms with E-state index in [1.807, 2.05) is 19.1 Å². The zero-order valence-corrected chi connectivity index (χ0v) is 9.75. The molecule has 0 saturated carbocycles. The second-order valence-corrected chi connectivity index (χ2v) is 3.70. The summed E-state index contributed by atoms with van der Waals surface area (Å²) in [5, 5.41) is 0.584. The average molecular weight is 230 g/mol. The maximum Gasteiger partial charge on any atom is 0.142 e. The van der Waals surface area contributed by atoms with Crippen LogP contribution in [0.3, 0.4) is 0 Å². The fraction of sp³-hybridized carbons (Fsp3) is 0.455. The molecule has 0 aliphatic heterocycles. The van der Waals surface area contributed by atoms with Gasteiger partial charge in [0, 0.05) is 19.2 Å². The first kappa shape index (κ1) is 12.3. The SMILES string of the molecule is COC(C)COc1c(Cl)cccc1CN. The van der Waals surface area contributed by atoms with Gasteiger partial charge in [-0.1, -0.05) is 23.7 Å². The molecule has 1 atom stereocenters. The van der Waals surface area contributed by atoms with Gasteiger partial charge in [0.25, 0.3) is 0 Å². The number of para-hydroxylation sites is 1. The van der Waals surface area contributed by atoms with Crippen molar-refractivity contribution in [2.75, 3.05) is 13.7 Å². The zero-order chi connectivity index (χ0) is 11.3. The Labute approximate surface area is 95.1 Å². The third kappa shape index (κ3) is 3.38. The summed E-state index contributed by atoms with van der Waals surface area (Å²) in [4.78, 5) is 0. The summed E-state index contributed by atoms with van der Waals surface area (Å²) in [5.41, 5.74) is 6.50. The molecule has 15 heavy (non-hydrogen) atoms. The van der Waals surface area contributed by atoms with Gasteiger partial charge < -0.3 is 15.2 Å². The van der Waals surface area contributed by atoms with Crippen molar-refractivity contribution in [3.63, 3.8) is 0 Å². The van der Waals surface area contributed by atoms with Crippen LogP contribution in [-0.2, 0) is 11.3 Å². The molecule has 2 N–H and O–H groups in total. The molecule has 0 saturated heterocycles. The second-order valence-electron chi connectivity index (χ2n) is 3.29. The first-order chi connectivity index (χ1) is 7.19. The summed E-state index contributed by atoms with van der Waals surface area (Å²) < 4.78 is 10.7. The predicted molar refractivity (Wildman–Crippen MR) is 61.3 cm³/mol. The van der Waals surface area contributed by atoms with Gasteiger partial charge in [-0.3, -0.25) is 0 Å². The molecular weight excluding hydrogens is 214 g/mol. The summed E-state index contributed by atoms with van der Waals surface area (Å²) in [6, 6.07) is 5.54. The Morgan fingerprint density at radius 2 is 2.20 bits per heavy atom. The highest BCUT2D eigenvalue weighted by Crippen LogP contribution is 2.28. The third-order valence-electron chi connectivity index (χ3n) is 2.13. The van der Waals surface area contributed by atoms with Gasteiger partial charge >= 0.3 is 0 Å². The highest BCUT2D eigenvalue weighted by Gasteiger charge is 2.08. The molecule has 1 aromatic carbocycles. The molecule has 1 unspecified atom stereocenters. The van der Waals surface area contributed by atoms with Gasteiger partial charge in [0.05, 0.1) is 11.1 Å². The fourth-order valence-corrected chi connectivity index (χ4v) is 1.39. The molecule has 4 heteroatoms. The minimum Gasteiger partial charge on any atom is -0.489 e. The molecule has 0 radical (unpaired) electrons. The third-order valence-corrected chi connectivity index (χ3v) is 2.43. The number of nitrogens with two attached hydrogens (primary N) is 1. The van der Waals surface area contributed by atoms with Crippen LogP contribution in [0.4, 0.5) is 0 Å². The van der Waals surface area contributed by atoms with Crippen molar-refractivity contribution in [1.82, 2.24) is 0 Å². The molecule has 0 amide bonds. The van der Waals surface area contributed by atoms with E-state index in [9.17, 15) is 0 Å². The van der Waals surface area contributed by atoms with E-state index in [1.165, 1.54) is 0 Å². The Morgan fingerprint density at radius 3 is 2.80 bits per heavy atom. The van der Waals surface area contributed by atoms with Crippen LogP contribution < -0.4 is 10.5 Å². The van der Waals surface area contributed by atoms with Crippen molar-refractivity contribution in [1.29, 1.82) is 0 Å². The Kier molecular flexibility index (Phi) is 4.88. The molecule has 3 nitrogen and oxygen atoms in total. The summed E-state index contributed by atoms with van der Waals surface area (Å²) in [7, 11) is 1.64. The van der Waals surface area contributed by atoms with E-state index in [0.29, 0.717) is 23.9 Å². The van der Waals surface area contributed by atoms with E-state index in [2.05, 4.69) is 0 Å². The Morgan fingerprint density at radius 1 is 1.47 bits per heavy atom. The van der Waals surface area contributed by atoms with Crippen molar-refractivity contribution in [2.45, 2.75) is 19.6 Å². The summed E-state index contributed by atoms with van der Waals surface area (Å²) in [5.74, 6) is 0.658. The number of rotatable bonds is 5. The fourth-order valence-electron chi connectivity index (χ4n) is 1.14. The maximum atomic E-state index is 6.01. The number of ether oxygens (including phenoxy) is 2. The van der Waals surface area contributed by atoms with E-state index < -0.39 is 0 Å². The Hall–Kier alpha value is -0.770. The lowest BCUT2D eigenvalue weighted by atomic mass is 10.2. The number of hydrogen-bond donors (Lipinski definition) is 1. The van der Waals surface area contributed by atoms with Crippen LogP contribution in [0, 0.1) is 0 Å². The first-order valence-electron chi connectivity index (χ1n) is 4.82. The maximum absolute atomic E-state index is 6.01. The van der Waals surface area contributed by atoms with E-state index in [-0.39, 0.29) is 6.10 Å². The van der Waals surface area contributed by atoms with Gasteiger partial charge in [-0.2, -0.15) is 0 Å². The van der Waals surface area contributed by atoms with Crippen LogP contribution in [0.15, 0.2) is 18.2 Å². The summed E-state index contributed by atoms with van der Waals surface area (Å²) >= 11 is 6.01. The smallest absolute Gasteiger partial charge is 0.142 e. The average Bonchev–Trinajstić information content (AvgIpc) is 2.26. The first-order valence-corrected chi connectivity index (χ1v) is 5.20. The van der Waals surface area contributed by atoms with Gasteiger partial charge in [-0.15, -0.1) is 0 Å². The van der Waals surface area contributed by atoms with Gasteiger partial charge in [0.15, 0.2) is 0 Å². The van der Waals surface area contributed by atoms with Crippen LogP contribution in [0.5, 0.6) is 5.75 Å². The molecule has 0 spiro atoms. The topological polar surface area (TPSA) is 44.5 Å². The number of hydrogen-bond acceptors (Lipinski definition) is 3. The van der Waals surface area contributed by atoms with Gasteiger partial charge in [-0.05, 0) is 13.0 Å². The van der Waals surface area contributed by atoms with E-state index >= 15 is 0 Å². The molecule has 0 aliphatic rings. The van der Waals surface area contributed by atoms with Gasteiger partial charge in [-0.25, -0.2) is 0 Å². The highest BCUT2D eigenvalue weighted by atomic mass is 35.5. The van der Waals surface area contributed by atoms with Crippen LogP contribution in [0.1, 0.15) is 12.5 Å². The monoisotopic (exact) mass is 229 g/mol. The number of methoxy groups -OCH3 is 1. The second kappa shape index (κ2) is 5.95. The van der Waals surface area contributed by atoms with E-state index in [0.717, 1.165) is 5.56 Å². The van der Waals surface area contributed by atoms with Crippen molar-refractivity contribution < 1.29 is 9.47 Å². The highest BCUT2D eigenvalue weighted by molar-refractivity contribution is 6.32. The van der Waals surface area contributed by atoms with Crippen molar-refractivity contribution in [2.24, 2.45) is 5.73 Å². The van der Waals surface area contributed by atoms with Gasteiger partial charge in [0.1, 0.15) is 12.4 Å². The van der Waals surface area contributed by atoms with Crippen molar-refractivity contribution >= 4 is 11.6 Å². The van der Waals surface area contributed by atoms with Crippen LogP contribution >= 0.6 is 11.6 Å². The van der Waals surface area contributed by atoms with Crippen molar-refractivity contribution in [3.05, 3.63) is 28.8 Å². The molecule has 0 bridgehead atoms. The van der Waals surface area contributed by atoms with Crippen LogP contribution in [0.2, 0.25) is 5.02 Å². The van der Waals surface area contributed by atoms with Crippen molar-refractivity contribution in [3.8, 4) is 5.75 Å². The molecular formula is C11H16ClNO2. The molecule has 0 fully saturated rings. The van der Waals surface area contributed by atoms with E-state index in [4.69, 9.17) is 26.8 Å². The lowest BCUT2D eigenvalue weighted by molar-refractivity contribution is 0.0713. The molecule has 1 rings (SSSR count). The Bertz CT molecular complexity index is 317. The lowest BCUT2D eigenvalue weighted by Crippen LogP contribution is -2.17. The number of halogens is 1. The van der Waals surface area contributed by atoms with Gasteiger partial charge in [0.2, 0.25) is 0 Å². The summed E-state index contributed by atoms with van der Waals surface area (Å²) in [6.45, 7) is 2.81. The molecule has 84 valence electrons. The molecule has 1 aromatic rings. The minimum absolute atomic E-state index is 0.0342. The number of benzene rings is 1. The normalized spacial score (nSPS) is 12.5. The molecule has 0 aliphatic carbocycles. The zero-order valence-electron chi connectivity index (χ0n) is 9.00. The largest absolute Gasteiger partial charge is 0.489 e. The lowest BCUT2D eigenvalue weighted by Gasteiger charge is -2.15. The van der Waals surface area contributed by atoms with E-state index in [1.54, 1.807) is 13.2 Å². The molecule has 0 aromatic heterocycles. The quantitative estimate of drug-likeness (QED) is 0.842. The molecule has 0 heterocycles. The predicted octanol–water partition coefficient (Wildman–Crippen LogP) is 2.21. The minimum atomic E-state index is 0.0342. The Balaban J connectivity index is 2.74. The standard InChI is InChI=1S/C11H16ClNO2/c1-8(14-2)7-15-11-9(6-13)4-3-5-10(11)12/h3-5,8H,6-7,13H2,1-2H3. The van der Waals surface area contributed by atoms with Crippen LogP contribution in [0.25, 0.3) is 0 Å².